The number of aromatic amines is 1. The molecule has 1 aromatic carbocycles. The van der Waals surface area contributed by atoms with E-state index in [1.54, 1.807) is 26.8 Å². The first-order valence-corrected chi connectivity index (χ1v) is 6.52. The predicted molar refractivity (Wildman–Crippen MR) is 76.5 cm³/mol. The molecule has 2 rings (SSSR count). The number of hydrogen-bond acceptors (Lipinski definition) is 2. The van der Waals surface area contributed by atoms with Crippen LogP contribution >= 0.6 is 11.6 Å². The fraction of sp³-hybridized carbons (Fsp3) is 0.286. The zero-order valence-electron chi connectivity index (χ0n) is 11.3. The molecule has 6 heteroatoms. The van der Waals surface area contributed by atoms with E-state index in [4.69, 9.17) is 11.6 Å². The van der Waals surface area contributed by atoms with E-state index in [1.165, 1.54) is 12.1 Å². The normalized spacial score (nSPS) is 11.1. The lowest BCUT2D eigenvalue weighted by atomic mass is 10.1. The highest BCUT2D eigenvalue weighted by Crippen LogP contribution is 2.18. The van der Waals surface area contributed by atoms with Crippen LogP contribution in [0.5, 0.6) is 0 Å². The van der Waals surface area contributed by atoms with E-state index in [0.29, 0.717) is 5.56 Å². The van der Waals surface area contributed by atoms with Crippen molar-refractivity contribution >= 4 is 11.6 Å². The molecule has 106 valence electrons. The maximum Gasteiger partial charge on any atom is 0.334 e. The second kappa shape index (κ2) is 5.25. The molecule has 0 saturated carbocycles. The van der Waals surface area contributed by atoms with Crippen LogP contribution in [0.1, 0.15) is 30.9 Å². The first kappa shape index (κ1) is 14.5. The molecule has 0 saturated heterocycles. The second-order valence-electron chi connectivity index (χ2n) is 4.91. The summed E-state index contributed by atoms with van der Waals surface area (Å²) in [4.78, 5) is 26.7. The van der Waals surface area contributed by atoms with E-state index in [9.17, 15) is 14.0 Å². The van der Waals surface area contributed by atoms with Crippen molar-refractivity contribution in [2.24, 2.45) is 0 Å². The molecule has 0 aliphatic rings. The lowest BCUT2D eigenvalue weighted by Gasteiger charge is -2.12. The Balaban J connectivity index is 2.85. The molecular formula is C14H14ClFN2O2. The van der Waals surface area contributed by atoms with Crippen LogP contribution in [0, 0.1) is 12.7 Å². The first-order chi connectivity index (χ1) is 9.32. The molecule has 0 amide bonds. The summed E-state index contributed by atoms with van der Waals surface area (Å²) in [7, 11) is 0. The van der Waals surface area contributed by atoms with Gasteiger partial charge in [0.1, 0.15) is 11.0 Å². The van der Waals surface area contributed by atoms with Crippen molar-refractivity contribution in [2.45, 2.75) is 26.7 Å². The van der Waals surface area contributed by atoms with Crippen LogP contribution in [0.25, 0.3) is 5.69 Å². The molecule has 20 heavy (non-hydrogen) atoms. The molecule has 2 aromatic rings. The highest BCUT2D eigenvalue weighted by molar-refractivity contribution is 6.30. The average Bonchev–Trinajstić information content (AvgIpc) is 2.30. The van der Waals surface area contributed by atoms with E-state index in [2.05, 4.69) is 4.98 Å². The highest BCUT2D eigenvalue weighted by Gasteiger charge is 2.18. The number of aryl methyl sites for hydroxylation is 1. The third kappa shape index (κ3) is 2.41. The SMILES string of the molecule is Cc1ccc(-n2c(=O)[nH]c(Cl)c(C(C)C)c2=O)c(F)c1. The number of nitrogens with zero attached hydrogens (tertiary/aromatic N) is 1. The van der Waals surface area contributed by atoms with Gasteiger partial charge in [-0.15, -0.1) is 0 Å². The molecule has 1 heterocycles. The smallest absolute Gasteiger partial charge is 0.297 e. The lowest BCUT2D eigenvalue weighted by Crippen LogP contribution is -2.37. The average molecular weight is 297 g/mol. The zero-order valence-corrected chi connectivity index (χ0v) is 12.1. The molecule has 1 N–H and O–H groups in total. The minimum Gasteiger partial charge on any atom is -0.297 e. The van der Waals surface area contributed by atoms with Gasteiger partial charge in [0.2, 0.25) is 0 Å². The number of aromatic nitrogens is 2. The Hall–Kier alpha value is -1.88. The van der Waals surface area contributed by atoms with Crippen LogP contribution in [0.15, 0.2) is 27.8 Å². The Morgan fingerprint density at radius 3 is 2.50 bits per heavy atom. The number of hydrogen-bond donors (Lipinski definition) is 1. The Morgan fingerprint density at radius 2 is 1.95 bits per heavy atom. The summed E-state index contributed by atoms with van der Waals surface area (Å²) in [5.74, 6) is -0.818. The van der Waals surface area contributed by atoms with Gasteiger partial charge >= 0.3 is 5.69 Å². The fourth-order valence-corrected chi connectivity index (χ4v) is 2.42. The van der Waals surface area contributed by atoms with Crippen LogP contribution in [0.2, 0.25) is 5.15 Å². The van der Waals surface area contributed by atoms with Crippen molar-refractivity contribution in [3.05, 3.63) is 61.1 Å². The van der Waals surface area contributed by atoms with E-state index in [1.807, 2.05) is 0 Å². The first-order valence-electron chi connectivity index (χ1n) is 6.14. The minimum absolute atomic E-state index is 0.00114. The zero-order chi connectivity index (χ0) is 15.0. The van der Waals surface area contributed by atoms with Crippen molar-refractivity contribution in [2.75, 3.05) is 0 Å². The largest absolute Gasteiger partial charge is 0.334 e. The van der Waals surface area contributed by atoms with Crippen molar-refractivity contribution in [1.29, 1.82) is 0 Å². The van der Waals surface area contributed by atoms with Gasteiger partial charge in [-0.25, -0.2) is 13.8 Å². The van der Waals surface area contributed by atoms with Gasteiger partial charge in [0.05, 0.1) is 11.3 Å². The summed E-state index contributed by atoms with van der Waals surface area (Å²) in [6.45, 7) is 5.27. The van der Waals surface area contributed by atoms with Crippen LogP contribution in [-0.2, 0) is 0 Å². The molecule has 0 bridgehead atoms. The molecule has 0 atom stereocenters. The topological polar surface area (TPSA) is 54.9 Å². The summed E-state index contributed by atoms with van der Waals surface area (Å²) < 4.78 is 14.8. The number of rotatable bonds is 2. The van der Waals surface area contributed by atoms with E-state index in [-0.39, 0.29) is 22.3 Å². The highest BCUT2D eigenvalue weighted by atomic mass is 35.5. The Bertz CT molecular complexity index is 778. The molecule has 0 spiro atoms. The van der Waals surface area contributed by atoms with Gasteiger partial charge in [0.25, 0.3) is 5.56 Å². The molecular weight excluding hydrogens is 283 g/mol. The predicted octanol–water partition coefficient (Wildman–Crippen LogP) is 2.75. The van der Waals surface area contributed by atoms with Crippen LogP contribution in [0.3, 0.4) is 0 Å². The number of H-pyrrole nitrogens is 1. The van der Waals surface area contributed by atoms with Crippen LogP contribution in [-0.4, -0.2) is 9.55 Å². The number of halogens is 2. The van der Waals surface area contributed by atoms with Gasteiger partial charge in [0.15, 0.2) is 0 Å². The van der Waals surface area contributed by atoms with Gasteiger partial charge < -0.3 is 0 Å². The molecule has 0 aliphatic carbocycles. The minimum atomic E-state index is -0.757. The van der Waals surface area contributed by atoms with E-state index in [0.717, 1.165) is 4.57 Å². The van der Waals surface area contributed by atoms with Gasteiger partial charge in [-0.2, -0.15) is 0 Å². The fourth-order valence-electron chi connectivity index (χ4n) is 2.04. The van der Waals surface area contributed by atoms with Crippen molar-refractivity contribution in [3.63, 3.8) is 0 Å². The van der Waals surface area contributed by atoms with Crippen molar-refractivity contribution < 1.29 is 4.39 Å². The summed E-state index contributed by atoms with van der Waals surface area (Å²) in [6, 6.07) is 4.30. The third-order valence-corrected chi connectivity index (χ3v) is 3.31. The summed E-state index contributed by atoms with van der Waals surface area (Å²) in [6.07, 6.45) is 0. The molecule has 1 aromatic heterocycles. The van der Waals surface area contributed by atoms with Gasteiger partial charge in [-0.3, -0.25) is 9.78 Å². The summed E-state index contributed by atoms with van der Waals surface area (Å²) in [5.41, 5.74) is -0.482. The van der Waals surface area contributed by atoms with Gasteiger partial charge in [-0.1, -0.05) is 31.5 Å². The lowest BCUT2D eigenvalue weighted by molar-refractivity contribution is 0.609. The van der Waals surface area contributed by atoms with Gasteiger partial charge in [-0.05, 0) is 30.5 Å². The monoisotopic (exact) mass is 296 g/mol. The van der Waals surface area contributed by atoms with E-state index < -0.39 is 17.1 Å². The standard InChI is InChI=1S/C14H14ClFN2O2/c1-7(2)11-12(15)17-14(20)18(13(11)19)10-5-4-8(3)6-9(10)16/h4-7H,1-3H3,(H,17,20). The summed E-state index contributed by atoms with van der Waals surface area (Å²) >= 11 is 5.89. The quantitative estimate of drug-likeness (QED) is 0.866. The Morgan fingerprint density at radius 1 is 1.30 bits per heavy atom. The molecule has 0 fully saturated rings. The molecule has 4 nitrogen and oxygen atoms in total. The number of nitrogens with one attached hydrogen (secondary N) is 1. The number of benzene rings is 1. The molecule has 0 radical (unpaired) electrons. The Kier molecular flexibility index (Phi) is 3.81. The van der Waals surface area contributed by atoms with Crippen LogP contribution < -0.4 is 11.2 Å². The van der Waals surface area contributed by atoms with Crippen molar-refractivity contribution in [3.8, 4) is 5.69 Å². The maximum absolute atomic E-state index is 14.0. The maximum atomic E-state index is 14.0. The molecule has 0 unspecified atom stereocenters. The van der Waals surface area contributed by atoms with Crippen molar-refractivity contribution in [1.82, 2.24) is 9.55 Å². The molecule has 0 aliphatic heterocycles. The third-order valence-electron chi connectivity index (χ3n) is 3.01. The van der Waals surface area contributed by atoms with Crippen LogP contribution in [0.4, 0.5) is 4.39 Å². The second-order valence-corrected chi connectivity index (χ2v) is 5.29. The summed E-state index contributed by atoms with van der Waals surface area (Å²) in [5, 5.41) is -0.00114. The van der Waals surface area contributed by atoms with Gasteiger partial charge in [0, 0.05) is 0 Å². The Labute approximate surface area is 119 Å². The van der Waals surface area contributed by atoms with E-state index >= 15 is 0 Å².